The molecule has 0 spiro atoms. The van der Waals surface area contributed by atoms with E-state index in [2.05, 4.69) is 67.1 Å². The summed E-state index contributed by atoms with van der Waals surface area (Å²) in [5.41, 5.74) is 0.611. The molecule has 17 N–H and O–H groups in total. The molecular formula is C79H103N27O26. The van der Waals surface area contributed by atoms with Crippen molar-refractivity contribution in [1.29, 1.82) is 0 Å². The van der Waals surface area contributed by atoms with Crippen LogP contribution >= 0.6 is 0 Å². The monoisotopic (exact) mass is 1850 g/mol. The summed E-state index contributed by atoms with van der Waals surface area (Å²) in [7, 11) is 0. The Morgan fingerprint density at radius 3 is 0.864 bits per heavy atom. The molecule has 53 heteroatoms. The lowest BCUT2D eigenvalue weighted by Crippen LogP contribution is -2.51. The Bertz CT molecular complexity index is 6320. The Kier molecular flexibility index (Phi) is 38.0. The van der Waals surface area contributed by atoms with Crippen LogP contribution in [0.1, 0.15) is 65.1 Å². The van der Waals surface area contributed by atoms with Gasteiger partial charge in [0.15, 0.2) is 0 Å². The molecule has 6 heterocycles. The molecule has 0 saturated heterocycles. The lowest BCUT2D eigenvalue weighted by Gasteiger charge is -2.26. The summed E-state index contributed by atoms with van der Waals surface area (Å²) >= 11 is 0. The molecule has 0 aliphatic heterocycles. The molecule has 14 amide bonds. The van der Waals surface area contributed by atoms with E-state index in [-0.39, 0.29) is 70.7 Å². The van der Waals surface area contributed by atoms with E-state index < -0.39 is 294 Å². The van der Waals surface area contributed by atoms with Crippen molar-refractivity contribution < 1.29 is 67.1 Å². The summed E-state index contributed by atoms with van der Waals surface area (Å²) in [5.74, 6) is -12.5. The van der Waals surface area contributed by atoms with Crippen LogP contribution in [-0.4, -0.2) is 287 Å². The van der Waals surface area contributed by atoms with Crippen molar-refractivity contribution in [3.8, 4) is 0 Å². The van der Waals surface area contributed by atoms with Gasteiger partial charge >= 0.3 is 34.1 Å². The van der Waals surface area contributed by atoms with Crippen molar-refractivity contribution in [2.45, 2.75) is 120 Å². The minimum atomic E-state index is -1.19. The fraction of sp³-hybridized carbons (Fsp3) is 0.443. The van der Waals surface area contributed by atoms with Crippen molar-refractivity contribution in [3.63, 3.8) is 0 Å². The average molecular weight is 1850 g/mol. The lowest BCUT2D eigenvalue weighted by atomic mass is 10.1. The SMILES string of the molecule is CC(=O)NCCN(CC(=O)NCCN(CC(=O)NCCN(CC(=O)Nc1ccccc1CN(CC(=O)NCCN(CC(=O)NCCN(CC(=O)N[C@@H](CCCCN)C(N)=O)C(=O)Cn1cc(C)c(=O)[nH]c1=O)C(=O)Cn1cc(C)c(=O)[nH]c1=O)C(=O)Cn1cc(C)c(=O)[nH]c1=O)C(=O)Cn1cc(C)c(=O)[nH]c1=O)C(=O)Cn1cc(C)c(=O)[nH]c1=O)C(=O)Cn1cc(C)c(=O)[nH]c1=O. The summed E-state index contributed by atoms with van der Waals surface area (Å²) in [6.07, 6.45) is 7.44. The number of nitrogens with one attached hydrogen (secondary N) is 13. The number of nitrogens with two attached hydrogens (primary N) is 2. The number of aryl methyl sites for hydroxylation is 6. The summed E-state index contributed by atoms with van der Waals surface area (Å²) in [5, 5.41) is 17.6. The minimum absolute atomic E-state index is 0.00126. The highest BCUT2D eigenvalue weighted by Gasteiger charge is 2.29. The van der Waals surface area contributed by atoms with Gasteiger partial charge in [0, 0.05) is 155 Å². The molecule has 53 nitrogen and oxygen atoms in total. The molecule has 710 valence electrons. The number of benzene rings is 1. The molecule has 0 aliphatic carbocycles. The van der Waals surface area contributed by atoms with Crippen LogP contribution in [0.25, 0.3) is 0 Å². The highest BCUT2D eigenvalue weighted by molar-refractivity contribution is 5.96. The van der Waals surface area contributed by atoms with E-state index in [0.717, 1.165) is 94.0 Å². The third kappa shape index (κ3) is 31.7. The largest absolute Gasteiger partial charge is 0.368 e. The molecule has 7 rings (SSSR count). The zero-order valence-electron chi connectivity index (χ0n) is 73.1. The Morgan fingerprint density at radius 1 is 0.341 bits per heavy atom. The van der Waals surface area contributed by atoms with Gasteiger partial charge in [-0.3, -0.25) is 153 Å². The van der Waals surface area contributed by atoms with E-state index >= 15 is 0 Å². The number of carbonyl (C=O) groups is 14. The van der Waals surface area contributed by atoms with E-state index in [9.17, 15) is 125 Å². The zero-order chi connectivity index (χ0) is 97.5. The number of hydrogen-bond donors (Lipinski definition) is 15. The summed E-state index contributed by atoms with van der Waals surface area (Å²) in [4.78, 5) is 361. The van der Waals surface area contributed by atoms with Crippen molar-refractivity contribution in [2.75, 3.05) is 117 Å². The number of rotatable bonds is 48. The Labute approximate surface area is 744 Å². The fourth-order valence-corrected chi connectivity index (χ4v) is 12.7. The number of aromatic amines is 6. The number of H-pyrrole nitrogens is 6. The topological polar surface area (TPSA) is 724 Å². The highest BCUT2D eigenvalue weighted by atomic mass is 16.2. The van der Waals surface area contributed by atoms with Crippen molar-refractivity contribution >= 4 is 88.4 Å². The smallest absolute Gasteiger partial charge is 0.328 e. The van der Waals surface area contributed by atoms with Gasteiger partial charge in [-0.15, -0.1) is 0 Å². The number of unbranched alkanes of at least 4 members (excludes halogenated alkanes) is 1. The number of aromatic nitrogens is 12. The van der Waals surface area contributed by atoms with Crippen LogP contribution in [0.5, 0.6) is 0 Å². The first-order valence-electron chi connectivity index (χ1n) is 40.8. The number of nitrogens with zero attached hydrogens (tertiary/aromatic N) is 12. The van der Waals surface area contributed by atoms with Gasteiger partial charge in [0.1, 0.15) is 45.3 Å². The molecule has 6 aromatic heterocycles. The number of amides is 14. The number of anilines is 1. The van der Waals surface area contributed by atoms with Crippen LogP contribution in [0, 0.1) is 41.5 Å². The standard InChI is InChI=1S/C79H103N27O26/c1-45-26-101(74(127)89-68(45)121)39-61(114)95(21-16-82-51(7)107)33-55(108)83-17-22-96(62(115)40-102-27-46(2)69(122)90-75(102)128)34-56(109)84-19-24-98(64(117)42-104-29-48(4)71(124)92-77(104)130)37-59(112)87-53-13-9-8-12-52(53)32-100(66(119)44-106-31-50(6)73(126)94-79(106)132)36-58(111)86-18-23-97(63(116)41-103-28-47(3)70(123)91-76(103)129)35-57(110)85-20-25-99(38-60(113)88-54(67(81)120)14-10-11-15-80)65(118)43-105-30-49(5)72(125)93-78(105)131/h8-9,12-13,26-31,54H,10-11,14-25,32-44,80H2,1-7H3,(H2,81,120)(H,82,107)(H,83,108)(H,84,109)(H,85,110)(H,86,111)(H,87,112)(H,88,113)(H,89,121,127)(H,90,122,128)(H,91,123,129)(H,92,124,130)(H,93,125,131)(H,94,126,132)/t54-/m0/s1. The second-order valence-electron chi connectivity index (χ2n) is 30.4. The molecule has 0 aliphatic rings. The molecule has 1 aromatic carbocycles. The molecule has 132 heavy (non-hydrogen) atoms. The maximum absolute atomic E-state index is 14.6. The second kappa shape index (κ2) is 48.7. The van der Waals surface area contributed by atoms with Gasteiger partial charge in [-0.05, 0) is 79.0 Å². The predicted molar refractivity (Wildman–Crippen MR) is 464 cm³/mol. The van der Waals surface area contributed by atoms with E-state index in [4.69, 9.17) is 11.5 Å². The third-order valence-corrected chi connectivity index (χ3v) is 19.9. The van der Waals surface area contributed by atoms with Crippen LogP contribution < -0.4 is 116 Å². The number of hydrogen-bond acceptors (Lipinski definition) is 27. The lowest BCUT2D eigenvalue weighted by molar-refractivity contribution is -0.138. The molecule has 0 saturated carbocycles. The fourth-order valence-electron chi connectivity index (χ4n) is 12.7. The maximum atomic E-state index is 14.6. The van der Waals surface area contributed by atoms with Gasteiger partial charge in [0.2, 0.25) is 82.7 Å². The number of para-hydroxylation sites is 1. The first-order chi connectivity index (χ1) is 62.4. The van der Waals surface area contributed by atoms with Gasteiger partial charge in [-0.25, -0.2) is 28.8 Å². The van der Waals surface area contributed by atoms with Crippen molar-refractivity contribution in [2.24, 2.45) is 11.5 Å². The zero-order valence-corrected chi connectivity index (χ0v) is 73.1. The Balaban J connectivity index is 1.09. The van der Waals surface area contributed by atoms with E-state index in [1.165, 1.54) is 72.7 Å². The second-order valence-corrected chi connectivity index (χ2v) is 30.4. The van der Waals surface area contributed by atoms with Crippen LogP contribution in [0.4, 0.5) is 5.69 Å². The molecule has 0 bridgehead atoms. The van der Waals surface area contributed by atoms with Gasteiger partial charge in [-0.1, -0.05) is 18.2 Å². The quantitative estimate of drug-likeness (QED) is 0.0158. The van der Waals surface area contributed by atoms with Gasteiger partial charge in [0.25, 0.3) is 33.4 Å². The van der Waals surface area contributed by atoms with E-state index in [0.29, 0.717) is 12.8 Å². The van der Waals surface area contributed by atoms with Crippen LogP contribution in [-0.2, 0) is 113 Å². The molecule has 0 fully saturated rings. The first kappa shape index (κ1) is 103. The van der Waals surface area contributed by atoms with Gasteiger partial charge < -0.3 is 78.1 Å². The Morgan fingerprint density at radius 2 is 0.591 bits per heavy atom. The molecular weight excluding hydrogens is 1740 g/mol. The molecule has 7 aromatic rings. The van der Waals surface area contributed by atoms with Crippen LogP contribution in [0.3, 0.4) is 0 Å². The minimum Gasteiger partial charge on any atom is -0.368 e. The summed E-state index contributed by atoms with van der Waals surface area (Å²) in [6, 6.07) is 4.45. The van der Waals surface area contributed by atoms with Gasteiger partial charge in [-0.2, -0.15) is 0 Å². The molecule has 0 radical (unpaired) electrons. The van der Waals surface area contributed by atoms with E-state index in [1.54, 1.807) is 0 Å². The van der Waals surface area contributed by atoms with Crippen LogP contribution in [0.2, 0.25) is 0 Å². The molecule has 0 unspecified atom stereocenters. The third-order valence-electron chi connectivity index (χ3n) is 19.9. The average Bonchev–Trinajstić information content (AvgIpc) is 0.820. The van der Waals surface area contributed by atoms with Crippen LogP contribution in [0.15, 0.2) is 119 Å². The normalized spacial score (nSPS) is 11.1. The predicted octanol–water partition coefficient (Wildman–Crippen LogP) is -12.1. The molecule has 1 atom stereocenters. The highest BCUT2D eigenvalue weighted by Crippen LogP contribution is 2.19. The summed E-state index contributed by atoms with van der Waals surface area (Å²) in [6.45, 7) is -5.10. The van der Waals surface area contributed by atoms with Crippen molar-refractivity contribution in [3.05, 3.63) is 225 Å². The maximum Gasteiger partial charge on any atom is 0.328 e. The number of primary amides is 1. The first-order valence-corrected chi connectivity index (χ1v) is 40.8. The van der Waals surface area contributed by atoms with Gasteiger partial charge in [0.05, 0.1) is 39.3 Å². The Hall–Kier alpha value is -16.2. The number of carbonyl (C=O) groups excluding carboxylic acids is 14. The van der Waals surface area contributed by atoms with Crippen molar-refractivity contribution in [1.82, 2.24) is 119 Å². The summed E-state index contributed by atoms with van der Waals surface area (Å²) < 4.78 is 5.05. The van der Waals surface area contributed by atoms with E-state index in [1.807, 2.05) is 0 Å².